The molecule has 8 rings (SSSR count). The van der Waals surface area contributed by atoms with E-state index in [1.807, 2.05) is 72.8 Å². The lowest BCUT2D eigenvalue weighted by Gasteiger charge is -2.16. The third-order valence-corrected chi connectivity index (χ3v) is 7.73. The van der Waals surface area contributed by atoms with Gasteiger partial charge in [-0.15, -0.1) is 0 Å². The Morgan fingerprint density at radius 3 is 1.65 bits per heavy atom. The van der Waals surface area contributed by atoms with Crippen LogP contribution in [0.15, 0.2) is 136 Å². The zero-order valence-corrected chi connectivity index (χ0v) is 21.4. The quantitative estimate of drug-likeness (QED) is 0.237. The molecule has 3 heteroatoms. The van der Waals surface area contributed by atoms with Crippen molar-refractivity contribution in [3.05, 3.63) is 133 Å². The molecule has 0 atom stereocenters. The molecular formula is C37H21NO2. The molecule has 0 aliphatic heterocycles. The first-order valence-corrected chi connectivity index (χ1v) is 13.2. The minimum Gasteiger partial charge on any atom is -0.455 e. The number of para-hydroxylation sites is 4. The van der Waals surface area contributed by atoms with E-state index in [9.17, 15) is 5.26 Å². The van der Waals surface area contributed by atoms with E-state index in [1.165, 1.54) is 0 Å². The van der Waals surface area contributed by atoms with E-state index >= 15 is 0 Å². The molecule has 0 saturated heterocycles. The van der Waals surface area contributed by atoms with Crippen LogP contribution in [-0.2, 0) is 0 Å². The fourth-order valence-electron chi connectivity index (χ4n) is 5.94. The maximum atomic E-state index is 10.6. The van der Waals surface area contributed by atoms with Crippen molar-refractivity contribution in [2.45, 2.75) is 0 Å². The summed E-state index contributed by atoms with van der Waals surface area (Å²) >= 11 is 0. The highest BCUT2D eigenvalue weighted by Gasteiger charge is 2.21. The van der Waals surface area contributed by atoms with E-state index in [1.54, 1.807) is 0 Å². The second kappa shape index (κ2) is 8.73. The third kappa shape index (κ3) is 3.30. The van der Waals surface area contributed by atoms with Crippen LogP contribution in [-0.4, -0.2) is 0 Å². The Kier molecular flexibility index (Phi) is 4.89. The number of rotatable bonds is 3. The number of nitrogens with zero attached hydrogens (tertiary/aromatic N) is 1. The smallest absolute Gasteiger partial charge is 0.143 e. The van der Waals surface area contributed by atoms with Crippen molar-refractivity contribution < 1.29 is 8.83 Å². The van der Waals surface area contributed by atoms with Crippen LogP contribution in [0.4, 0.5) is 0 Å². The van der Waals surface area contributed by atoms with Gasteiger partial charge >= 0.3 is 0 Å². The second-order valence-corrected chi connectivity index (χ2v) is 9.99. The molecular weight excluding hydrogens is 490 g/mol. The normalized spacial score (nSPS) is 11.5. The molecule has 40 heavy (non-hydrogen) atoms. The van der Waals surface area contributed by atoms with Gasteiger partial charge in [0, 0.05) is 38.2 Å². The maximum absolute atomic E-state index is 10.6. The van der Waals surface area contributed by atoms with Crippen molar-refractivity contribution in [3.8, 4) is 39.4 Å². The van der Waals surface area contributed by atoms with Gasteiger partial charge in [0.1, 0.15) is 22.3 Å². The molecule has 186 valence electrons. The molecule has 8 aromatic rings. The Morgan fingerprint density at radius 1 is 0.450 bits per heavy atom. The number of furan rings is 2. The minimum absolute atomic E-state index is 0.581. The van der Waals surface area contributed by atoms with Gasteiger partial charge in [0.25, 0.3) is 0 Å². The summed E-state index contributed by atoms with van der Waals surface area (Å²) in [7, 11) is 0. The van der Waals surface area contributed by atoms with Gasteiger partial charge in [-0.3, -0.25) is 0 Å². The van der Waals surface area contributed by atoms with E-state index in [2.05, 4.69) is 60.7 Å². The van der Waals surface area contributed by atoms with Crippen molar-refractivity contribution in [1.82, 2.24) is 0 Å². The summed E-state index contributed by atoms with van der Waals surface area (Å²) in [6, 6.07) is 45.4. The van der Waals surface area contributed by atoms with Crippen molar-refractivity contribution in [3.63, 3.8) is 0 Å². The first-order valence-electron chi connectivity index (χ1n) is 13.2. The lowest BCUT2D eigenvalue weighted by atomic mass is 9.86. The molecule has 0 N–H and O–H groups in total. The fourth-order valence-corrected chi connectivity index (χ4v) is 5.94. The predicted molar refractivity (Wildman–Crippen MR) is 162 cm³/mol. The molecule has 2 aromatic heterocycles. The predicted octanol–water partition coefficient (Wildman–Crippen LogP) is 10.4. The standard InChI is InChI=1S/C37H21NO2/c38-22-25-20-24(26-14-8-15-29-27-12-4-6-18-33(27)39-36(26)29)21-32(23-10-2-1-3-11-23)35(25)31-17-9-16-30-28-13-5-7-19-34(28)40-37(30)31/h1-21H. The Morgan fingerprint density at radius 2 is 1.00 bits per heavy atom. The van der Waals surface area contributed by atoms with Gasteiger partial charge in [-0.05, 0) is 41.0 Å². The summed E-state index contributed by atoms with van der Waals surface area (Å²) in [5.74, 6) is 0. The highest BCUT2D eigenvalue weighted by atomic mass is 16.3. The topological polar surface area (TPSA) is 50.1 Å². The van der Waals surface area contributed by atoms with E-state index < -0.39 is 0 Å². The van der Waals surface area contributed by atoms with Gasteiger partial charge in [0.2, 0.25) is 0 Å². The molecule has 2 heterocycles. The number of hydrogen-bond donors (Lipinski definition) is 0. The molecule has 0 aliphatic carbocycles. The first-order chi connectivity index (χ1) is 19.8. The van der Waals surface area contributed by atoms with Crippen LogP contribution in [0.3, 0.4) is 0 Å². The van der Waals surface area contributed by atoms with Crippen molar-refractivity contribution >= 4 is 43.9 Å². The van der Waals surface area contributed by atoms with E-state index in [0.29, 0.717) is 5.56 Å². The molecule has 0 saturated carbocycles. The number of hydrogen-bond acceptors (Lipinski definition) is 3. The molecule has 0 bridgehead atoms. The summed E-state index contributed by atoms with van der Waals surface area (Å²) in [6.45, 7) is 0. The van der Waals surface area contributed by atoms with Gasteiger partial charge in [0.15, 0.2) is 0 Å². The second-order valence-electron chi connectivity index (χ2n) is 9.99. The average molecular weight is 512 g/mol. The molecule has 6 aromatic carbocycles. The van der Waals surface area contributed by atoms with Gasteiger partial charge in [0.05, 0.1) is 11.6 Å². The molecule has 0 fully saturated rings. The Bertz CT molecular complexity index is 2280. The average Bonchev–Trinajstić information content (AvgIpc) is 3.59. The van der Waals surface area contributed by atoms with Gasteiger partial charge in [-0.1, -0.05) is 103 Å². The van der Waals surface area contributed by atoms with Crippen molar-refractivity contribution in [2.75, 3.05) is 0 Å². The molecule has 0 radical (unpaired) electrons. The van der Waals surface area contributed by atoms with Gasteiger partial charge < -0.3 is 8.83 Å². The fraction of sp³-hybridized carbons (Fsp3) is 0. The molecule has 0 aliphatic rings. The summed E-state index contributed by atoms with van der Waals surface area (Å²) in [6.07, 6.45) is 0. The first kappa shape index (κ1) is 22.4. The van der Waals surface area contributed by atoms with E-state index in [4.69, 9.17) is 8.83 Å². The van der Waals surface area contributed by atoms with Crippen molar-refractivity contribution in [2.24, 2.45) is 0 Å². The van der Waals surface area contributed by atoms with Crippen LogP contribution in [0.2, 0.25) is 0 Å². The highest BCUT2D eigenvalue weighted by molar-refractivity contribution is 6.12. The third-order valence-electron chi connectivity index (χ3n) is 7.73. The summed E-state index contributed by atoms with van der Waals surface area (Å²) in [5.41, 5.74) is 9.50. The van der Waals surface area contributed by atoms with Crippen LogP contribution in [0.25, 0.3) is 77.3 Å². The van der Waals surface area contributed by atoms with E-state index in [0.717, 1.165) is 77.3 Å². The summed E-state index contributed by atoms with van der Waals surface area (Å²) in [5, 5.41) is 14.8. The summed E-state index contributed by atoms with van der Waals surface area (Å²) < 4.78 is 12.8. The molecule has 0 amide bonds. The van der Waals surface area contributed by atoms with Gasteiger partial charge in [-0.2, -0.15) is 5.26 Å². The number of nitriles is 1. The van der Waals surface area contributed by atoms with Crippen LogP contribution in [0.5, 0.6) is 0 Å². The largest absolute Gasteiger partial charge is 0.455 e. The molecule has 0 spiro atoms. The Labute approximate surface area is 230 Å². The zero-order chi connectivity index (χ0) is 26.6. The van der Waals surface area contributed by atoms with E-state index in [-0.39, 0.29) is 0 Å². The Hall–Kier alpha value is -5.59. The van der Waals surface area contributed by atoms with Gasteiger partial charge in [-0.25, -0.2) is 0 Å². The maximum Gasteiger partial charge on any atom is 0.143 e. The Balaban J connectivity index is 1.46. The number of benzene rings is 6. The SMILES string of the molecule is N#Cc1cc(-c2cccc3c2oc2ccccc23)cc(-c2ccccc2)c1-c1cccc2c1oc1ccccc12. The molecule has 3 nitrogen and oxygen atoms in total. The minimum atomic E-state index is 0.581. The van der Waals surface area contributed by atoms with Crippen molar-refractivity contribution in [1.29, 1.82) is 5.26 Å². The lowest BCUT2D eigenvalue weighted by Crippen LogP contribution is -1.93. The highest BCUT2D eigenvalue weighted by Crippen LogP contribution is 2.44. The lowest BCUT2D eigenvalue weighted by molar-refractivity contribution is 0.669. The monoisotopic (exact) mass is 511 g/mol. The van der Waals surface area contributed by atoms with Crippen LogP contribution >= 0.6 is 0 Å². The number of fused-ring (bicyclic) bond motifs is 6. The molecule has 0 unspecified atom stereocenters. The summed E-state index contributed by atoms with van der Waals surface area (Å²) in [4.78, 5) is 0. The van der Waals surface area contributed by atoms with Crippen LogP contribution < -0.4 is 0 Å². The van der Waals surface area contributed by atoms with Crippen LogP contribution in [0.1, 0.15) is 5.56 Å². The zero-order valence-electron chi connectivity index (χ0n) is 21.4. The van der Waals surface area contributed by atoms with Crippen LogP contribution in [0, 0.1) is 11.3 Å².